The van der Waals surface area contributed by atoms with E-state index in [1.54, 1.807) is 44.1 Å². The van der Waals surface area contributed by atoms with Crippen LogP contribution in [-0.2, 0) is 31.5 Å². The van der Waals surface area contributed by atoms with E-state index < -0.39 is 0 Å². The van der Waals surface area contributed by atoms with Crippen molar-refractivity contribution in [2.24, 2.45) is 13.0 Å². The van der Waals surface area contributed by atoms with Crippen molar-refractivity contribution in [1.82, 2.24) is 28.5 Å². The number of aryl methyl sites for hydroxylation is 2. The zero-order valence-electron chi connectivity index (χ0n) is 21.2. The van der Waals surface area contributed by atoms with Crippen LogP contribution in [0.15, 0.2) is 46.2 Å². The molecule has 0 radical (unpaired) electrons. The summed E-state index contributed by atoms with van der Waals surface area (Å²) >= 11 is 0. The summed E-state index contributed by atoms with van der Waals surface area (Å²) in [6.45, 7) is 5.70. The number of hydrogen-bond donors (Lipinski definition) is 0. The molecule has 1 aliphatic heterocycles. The average Bonchev–Trinajstić information content (AvgIpc) is 3.57. The number of rotatable bonds is 8. The van der Waals surface area contributed by atoms with E-state index in [1.165, 1.54) is 16.7 Å². The lowest BCUT2D eigenvalue weighted by Crippen LogP contribution is -2.40. The summed E-state index contributed by atoms with van der Waals surface area (Å²) in [6.07, 6.45) is 5.26. The number of carbonyl (C=O) groups excluding carboxylic acids is 1. The molecule has 37 heavy (non-hydrogen) atoms. The minimum absolute atomic E-state index is 0.0138. The van der Waals surface area contributed by atoms with Gasteiger partial charge in [-0.25, -0.2) is 14.2 Å². The smallest absolute Gasteiger partial charge is 0.321 e. The van der Waals surface area contributed by atoms with Gasteiger partial charge < -0.3 is 9.47 Å². The van der Waals surface area contributed by atoms with Crippen LogP contribution in [-0.4, -0.2) is 40.9 Å². The zero-order valence-corrected chi connectivity index (χ0v) is 21.2. The standard InChI is InChI=1S/C26H30FN7O3/c1-4-9-32-24-22(25(36)33(10-5-2)26(32)37)30(3)23(29-24)18-13-28-31(16-18)14-17-11-21(35)34(15-17)20-8-6-7-19(27)12-20/h6-8,12-13,16-17H,4-5,9-11,14-15H2,1-3H3. The number of hydrogen-bond acceptors (Lipinski definition) is 5. The van der Waals surface area contributed by atoms with Gasteiger partial charge in [-0.15, -0.1) is 0 Å². The maximum Gasteiger partial charge on any atom is 0.332 e. The van der Waals surface area contributed by atoms with Gasteiger partial charge in [0.2, 0.25) is 5.91 Å². The summed E-state index contributed by atoms with van der Waals surface area (Å²) < 4.78 is 20.0. The molecule has 11 heteroatoms. The maximum atomic E-state index is 13.6. The molecule has 1 aliphatic rings. The predicted octanol–water partition coefficient (Wildman–Crippen LogP) is 2.77. The van der Waals surface area contributed by atoms with E-state index in [0.29, 0.717) is 67.3 Å². The van der Waals surface area contributed by atoms with Gasteiger partial charge in [0.1, 0.15) is 11.6 Å². The van der Waals surface area contributed by atoms with Gasteiger partial charge >= 0.3 is 5.69 Å². The molecule has 0 spiro atoms. The Balaban J connectivity index is 1.44. The number of imidazole rings is 1. The molecule has 1 aromatic carbocycles. The van der Waals surface area contributed by atoms with Crippen molar-refractivity contribution in [2.75, 3.05) is 11.4 Å². The van der Waals surface area contributed by atoms with Gasteiger partial charge in [-0.05, 0) is 31.0 Å². The van der Waals surface area contributed by atoms with Crippen molar-refractivity contribution in [3.63, 3.8) is 0 Å². The Morgan fingerprint density at radius 2 is 1.84 bits per heavy atom. The van der Waals surface area contributed by atoms with E-state index in [0.717, 1.165) is 6.42 Å². The summed E-state index contributed by atoms with van der Waals surface area (Å²) in [5.74, 6) is 0.134. The quantitative estimate of drug-likeness (QED) is 0.365. The molecule has 1 amide bonds. The van der Waals surface area contributed by atoms with Crippen molar-refractivity contribution in [3.8, 4) is 11.4 Å². The number of carbonyl (C=O) groups is 1. The van der Waals surface area contributed by atoms with Crippen LogP contribution in [0.2, 0.25) is 0 Å². The number of anilines is 1. The third-order valence-corrected chi connectivity index (χ3v) is 6.80. The second-order valence-corrected chi connectivity index (χ2v) is 9.56. The average molecular weight is 508 g/mol. The highest BCUT2D eigenvalue weighted by Crippen LogP contribution is 2.27. The minimum atomic E-state index is -0.376. The van der Waals surface area contributed by atoms with E-state index in [9.17, 15) is 18.8 Å². The molecule has 10 nitrogen and oxygen atoms in total. The van der Waals surface area contributed by atoms with Crippen LogP contribution in [0.3, 0.4) is 0 Å². The topological polar surface area (TPSA) is 99.9 Å². The lowest BCUT2D eigenvalue weighted by molar-refractivity contribution is -0.117. The van der Waals surface area contributed by atoms with Gasteiger partial charge in [-0.3, -0.25) is 23.4 Å². The summed E-state index contributed by atoms with van der Waals surface area (Å²) in [7, 11) is 1.77. The second-order valence-electron chi connectivity index (χ2n) is 9.56. The van der Waals surface area contributed by atoms with Crippen LogP contribution in [0.25, 0.3) is 22.6 Å². The molecule has 0 N–H and O–H groups in total. The van der Waals surface area contributed by atoms with Crippen molar-refractivity contribution < 1.29 is 9.18 Å². The fourth-order valence-electron chi connectivity index (χ4n) is 5.11. The Hall–Kier alpha value is -4.02. The summed E-state index contributed by atoms with van der Waals surface area (Å²) in [6, 6.07) is 6.05. The first-order valence-electron chi connectivity index (χ1n) is 12.6. The summed E-state index contributed by atoms with van der Waals surface area (Å²) in [5, 5.41) is 4.47. The zero-order chi connectivity index (χ0) is 26.3. The number of amides is 1. The Morgan fingerprint density at radius 1 is 1.08 bits per heavy atom. The molecule has 4 aromatic rings. The van der Waals surface area contributed by atoms with E-state index in [1.807, 2.05) is 20.0 Å². The maximum absolute atomic E-state index is 13.6. The second kappa shape index (κ2) is 9.79. The fraction of sp³-hybridized carbons (Fsp3) is 0.423. The van der Waals surface area contributed by atoms with Crippen LogP contribution in [0.4, 0.5) is 10.1 Å². The van der Waals surface area contributed by atoms with Gasteiger partial charge in [0, 0.05) is 57.4 Å². The molecule has 1 unspecified atom stereocenters. The molecule has 3 aromatic heterocycles. The molecule has 0 saturated carbocycles. The lowest BCUT2D eigenvalue weighted by atomic mass is 10.1. The fourth-order valence-corrected chi connectivity index (χ4v) is 5.11. The Kier molecular flexibility index (Phi) is 6.53. The monoisotopic (exact) mass is 507 g/mol. The largest absolute Gasteiger partial charge is 0.332 e. The summed E-state index contributed by atoms with van der Waals surface area (Å²) in [4.78, 5) is 45.1. The molecule has 4 heterocycles. The highest BCUT2D eigenvalue weighted by atomic mass is 19.1. The van der Waals surface area contributed by atoms with E-state index in [2.05, 4.69) is 5.10 Å². The van der Waals surface area contributed by atoms with Gasteiger partial charge in [0.25, 0.3) is 5.56 Å². The first-order valence-corrected chi connectivity index (χ1v) is 12.6. The first kappa shape index (κ1) is 24.7. The Labute approximate surface area is 212 Å². The van der Waals surface area contributed by atoms with E-state index >= 15 is 0 Å². The third kappa shape index (κ3) is 4.38. The highest BCUT2D eigenvalue weighted by molar-refractivity contribution is 5.95. The van der Waals surface area contributed by atoms with Gasteiger partial charge in [0.05, 0.1) is 11.8 Å². The van der Waals surface area contributed by atoms with Crippen LogP contribution in [0.1, 0.15) is 33.1 Å². The first-order chi connectivity index (χ1) is 17.8. The third-order valence-electron chi connectivity index (χ3n) is 6.80. The number of aromatic nitrogens is 6. The lowest BCUT2D eigenvalue weighted by Gasteiger charge is -2.16. The molecule has 0 bridgehead atoms. The minimum Gasteiger partial charge on any atom is -0.321 e. The van der Waals surface area contributed by atoms with Crippen molar-refractivity contribution in [2.45, 2.75) is 52.7 Å². The van der Waals surface area contributed by atoms with Crippen LogP contribution >= 0.6 is 0 Å². The molecule has 1 fully saturated rings. The van der Waals surface area contributed by atoms with Crippen LogP contribution < -0.4 is 16.1 Å². The number of benzene rings is 1. The normalized spacial score (nSPS) is 15.8. The van der Waals surface area contributed by atoms with Gasteiger partial charge in [-0.1, -0.05) is 19.9 Å². The van der Waals surface area contributed by atoms with Crippen molar-refractivity contribution in [1.29, 1.82) is 0 Å². The van der Waals surface area contributed by atoms with Crippen LogP contribution in [0, 0.1) is 11.7 Å². The Bertz CT molecular complexity index is 1600. The van der Waals surface area contributed by atoms with Crippen LogP contribution in [0.5, 0.6) is 0 Å². The molecule has 194 valence electrons. The molecule has 1 atom stereocenters. The van der Waals surface area contributed by atoms with E-state index in [-0.39, 0.29) is 28.9 Å². The number of halogens is 1. The SMILES string of the molecule is CCCn1c(=O)c2c(nc(-c3cnn(CC4CC(=O)N(c5cccc(F)c5)C4)c3)n2C)n(CCC)c1=O. The number of fused-ring (bicyclic) bond motifs is 1. The van der Waals surface area contributed by atoms with E-state index in [4.69, 9.17) is 4.98 Å². The number of nitrogens with zero attached hydrogens (tertiary/aromatic N) is 7. The van der Waals surface area contributed by atoms with Gasteiger partial charge in [0.15, 0.2) is 11.2 Å². The molecule has 1 saturated heterocycles. The molecular weight excluding hydrogens is 477 g/mol. The highest BCUT2D eigenvalue weighted by Gasteiger charge is 2.31. The Morgan fingerprint density at radius 3 is 2.57 bits per heavy atom. The predicted molar refractivity (Wildman–Crippen MR) is 138 cm³/mol. The molecule has 0 aliphatic carbocycles. The molecular formula is C26H30FN7O3. The van der Waals surface area contributed by atoms with Gasteiger partial charge in [-0.2, -0.15) is 5.10 Å². The molecule has 5 rings (SSSR count). The van der Waals surface area contributed by atoms with Crippen molar-refractivity contribution >= 4 is 22.8 Å². The van der Waals surface area contributed by atoms with Crippen molar-refractivity contribution in [3.05, 3.63) is 63.3 Å². The summed E-state index contributed by atoms with van der Waals surface area (Å²) in [5.41, 5.74) is 1.35.